The van der Waals surface area contributed by atoms with Crippen molar-refractivity contribution in [2.75, 3.05) is 0 Å². The molecule has 0 bridgehead atoms. The van der Waals surface area contributed by atoms with Crippen LogP contribution in [0.4, 0.5) is 0 Å². The van der Waals surface area contributed by atoms with Crippen LogP contribution in [0, 0.1) is 0 Å². The van der Waals surface area contributed by atoms with Gasteiger partial charge in [0.15, 0.2) is 0 Å². The molecule has 5 heteroatoms. The molecule has 0 aliphatic rings. The van der Waals surface area contributed by atoms with Crippen LogP contribution in [0.5, 0.6) is 0 Å². The van der Waals surface area contributed by atoms with Gasteiger partial charge in [0.2, 0.25) is 0 Å². The van der Waals surface area contributed by atoms with Gasteiger partial charge in [0.25, 0.3) is 0 Å². The van der Waals surface area contributed by atoms with E-state index in [4.69, 9.17) is 5.02 Å². The summed E-state index contributed by atoms with van der Waals surface area (Å²) in [5.74, 6) is 0. The molecule has 1 heterocycles. The smallest absolute Gasteiger partial charge is 0.387 e. The average molecular weight is 241 g/mol. The lowest BCUT2D eigenvalue weighted by Gasteiger charge is -2.07. The van der Waals surface area contributed by atoms with Crippen LogP contribution in [-0.4, -0.2) is 17.1 Å². The summed E-state index contributed by atoms with van der Waals surface area (Å²) in [5, 5.41) is 11.8. The number of hydrazine groups is 1. The minimum atomic E-state index is -0.558. The highest BCUT2D eigenvalue weighted by Crippen LogP contribution is 2.16. The van der Waals surface area contributed by atoms with Crippen LogP contribution in [0.15, 0.2) is 48.7 Å². The zero-order chi connectivity index (χ0) is 12.8. The summed E-state index contributed by atoms with van der Waals surface area (Å²) in [5.41, 5.74) is 6.16. The van der Waals surface area contributed by atoms with Crippen molar-refractivity contribution in [2.24, 2.45) is 0 Å². The molecule has 0 saturated carbocycles. The third kappa shape index (κ3) is 3.66. The summed E-state index contributed by atoms with van der Waals surface area (Å²) in [6.07, 6.45) is 1.79. The topological polar surface area (TPSA) is 57.2 Å². The predicted molar refractivity (Wildman–Crippen MR) is 73.5 cm³/mol. The van der Waals surface area contributed by atoms with Gasteiger partial charge in [-0.1, -0.05) is 30.3 Å². The molecule has 0 unspecified atom stereocenters. The van der Waals surface area contributed by atoms with E-state index >= 15 is 0 Å². The lowest BCUT2D eigenvalue weighted by molar-refractivity contribution is 0.520. The van der Waals surface area contributed by atoms with Gasteiger partial charge in [0, 0.05) is 18.3 Å². The fourth-order valence-corrected chi connectivity index (χ4v) is 1.63. The Morgan fingerprint density at radius 2 is 1.94 bits per heavy atom. The first-order chi connectivity index (χ1) is 8.75. The number of benzene rings is 1. The summed E-state index contributed by atoms with van der Waals surface area (Å²) >= 11 is 0. The molecule has 1 aromatic heterocycles. The first-order valence-corrected chi connectivity index (χ1v) is 5.92. The van der Waals surface area contributed by atoms with Gasteiger partial charge < -0.3 is 5.02 Å². The lowest BCUT2D eigenvalue weighted by atomic mass is 9.91. The van der Waals surface area contributed by atoms with Crippen LogP contribution in [-0.2, 0) is 6.54 Å². The number of nitrogens with zero attached hydrogens (tertiary/aromatic N) is 1. The summed E-state index contributed by atoms with van der Waals surface area (Å²) in [6.45, 7) is 2.32. The molecule has 1 aromatic carbocycles. The van der Waals surface area contributed by atoms with Gasteiger partial charge in [0.05, 0.1) is 5.69 Å². The fraction of sp³-hybridized carbons (Fsp3) is 0.154. The number of rotatable bonds is 5. The van der Waals surface area contributed by atoms with Gasteiger partial charge >= 0.3 is 7.05 Å². The van der Waals surface area contributed by atoms with Crippen molar-refractivity contribution >= 4 is 7.05 Å². The summed E-state index contributed by atoms with van der Waals surface area (Å²) < 4.78 is 0. The molecule has 18 heavy (non-hydrogen) atoms. The van der Waals surface area contributed by atoms with E-state index in [0.29, 0.717) is 6.54 Å². The Morgan fingerprint density at radius 3 is 2.56 bits per heavy atom. The number of pyridine rings is 1. The SMILES string of the molecule is CB(O)NNCc1ccc(-c2ccccn2)cc1. The second-order valence-electron chi connectivity index (χ2n) is 4.09. The van der Waals surface area contributed by atoms with Crippen molar-refractivity contribution in [1.82, 2.24) is 15.7 Å². The summed E-state index contributed by atoms with van der Waals surface area (Å²) in [4.78, 5) is 4.30. The quantitative estimate of drug-likeness (QED) is 0.547. The van der Waals surface area contributed by atoms with Gasteiger partial charge in [-0.3, -0.25) is 15.7 Å². The standard InChI is InChI=1S/C13H16BN3O/c1-14(18)17-16-10-11-5-7-12(8-6-11)13-4-2-3-9-15-13/h2-9,16-18H,10H2,1H3. The summed E-state index contributed by atoms with van der Waals surface area (Å²) in [6, 6.07) is 14.0. The second kappa shape index (κ2) is 6.30. The van der Waals surface area contributed by atoms with Crippen LogP contribution in [0.25, 0.3) is 11.3 Å². The van der Waals surface area contributed by atoms with E-state index in [-0.39, 0.29) is 0 Å². The fourth-order valence-electron chi connectivity index (χ4n) is 1.63. The number of nitrogens with one attached hydrogen (secondary N) is 2. The van der Waals surface area contributed by atoms with E-state index in [0.717, 1.165) is 16.8 Å². The molecule has 4 nitrogen and oxygen atoms in total. The third-order valence-corrected chi connectivity index (χ3v) is 2.52. The molecule has 0 spiro atoms. The normalized spacial score (nSPS) is 10.3. The van der Waals surface area contributed by atoms with E-state index in [9.17, 15) is 0 Å². The Kier molecular flexibility index (Phi) is 4.47. The highest BCUT2D eigenvalue weighted by Gasteiger charge is 2.01. The average Bonchev–Trinajstić information content (AvgIpc) is 2.40. The monoisotopic (exact) mass is 241 g/mol. The zero-order valence-electron chi connectivity index (χ0n) is 10.3. The van der Waals surface area contributed by atoms with Crippen LogP contribution in [0.3, 0.4) is 0 Å². The van der Waals surface area contributed by atoms with E-state index in [1.807, 2.05) is 42.5 Å². The molecule has 2 rings (SSSR count). The molecule has 0 saturated heterocycles. The van der Waals surface area contributed by atoms with Gasteiger partial charge in [-0.2, -0.15) is 0 Å². The van der Waals surface area contributed by atoms with Gasteiger partial charge in [0.1, 0.15) is 0 Å². The van der Waals surface area contributed by atoms with Crippen molar-refractivity contribution in [3.8, 4) is 11.3 Å². The minimum absolute atomic E-state index is 0.558. The Labute approximate surface area is 107 Å². The Balaban J connectivity index is 1.98. The van der Waals surface area contributed by atoms with Gasteiger partial charge in [-0.25, -0.2) is 0 Å². The van der Waals surface area contributed by atoms with E-state index < -0.39 is 7.05 Å². The van der Waals surface area contributed by atoms with Crippen molar-refractivity contribution in [2.45, 2.75) is 13.4 Å². The minimum Gasteiger partial charge on any atom is -0.437 e. The molecule has 3 N–H and O–H groups in total. The Bertz CT molecular complexity index is 473. The molecular weight excluding hydrogens is 225 g/mol. The van der Waals surface area contributed by atoms with Crippen molar-refractivity contribution in [3.05, 3.63) is 54.2 Å². The Morgan fingerprint density at radius 1 is 1.17 bits per heavy atom. The molecule has 0 amide bonds. The van der Waals surface area contributed by atoms with Crippen LogP contribution >= 0.6 is 0 Å². The second-order valence-corrected chi connectivity index (χ2v) is 4.09. The highest BCUT2D eigenvalue weighted by molar-refractivity contribution is 6.45. The van der Waals surface area contributed by atoms with E-state index in [1.54, 1.807) is 13.0 Å². The van der Waals surface area contributed by atoms with E-state index in [1.165, 1.54) is 0 Å². The number of hydrogen-bond acceptors (Lipinski definition) is 4. The summed E-state index contributed by atoms with van der Waals surface area (Å²) in [7, 11) is -0.558. The predicted octanol–water partition coefficient (Wildman–Crippen LogP) is 1.45. The van der Waals surface area contributed by atoms with Gasteiger partial charge in [-0.15, -0.1) is 0 Å². The maximum atomic E-state index is 9.04. The molecule has 92 valence electrons. The maximum Gasteiger partial charge on any atom is 0.387 e. The van der Waals surface area contributed by atoms with E-state index in [2.05, 4.69) is 15.7 Å². The van der Waals surface area contributed by atoms with Crippen LogP contribution in [0.2, 0.25) is 6.82 Å². The molecular formula is C13H16BN3O. The molecule has 2 aromatic rings. The van der Waals surface area contributed by atoms with Crippen molar-refractivity contribution in [3.63, 3.8) is 0 Å². The van der Waals surface area contributed by atoms with Crippen molar-refractivity contribution in [1.29, 1.82) is 0 Å². The molecule has 0 aliphatic carbocycles. The Hall–Kier alpha value is -1.69. The third-order valence-electron chi connectivity index (χ3n) is 2.52. The molecule has 0 radical (unpaired) electrons. The largest absolute Gasteiger partial charge is 0.437 e. The van der Waals surface area contributed by atoms with Crippen molar-refractivity contribution < 1.29 is 5.02 Å². The maximum absolute atomic E-state index is 9.04. The molecule has 0 fully saturated rings. The first-order valence-electron chi connectivity index (χ1n) is 5.92. The molecule has 0 aliphatic heterocycles. The number of aromatic nitrogens is 1. The zero-order valence-corrected chi connectivity index (χ0v) is 10.3. The lowest BCUT2D eigenvalue weighted by Crippen LogP contribution is -2.41. The van der Waals surface area contributed by atoms with Gasteiger partial charge in [-0.05, 0) is 24.5 Å². The highest BCUT2D eigenvalue weighted by atomic mass is 16.2. The first kappa shape index (κ1) is 12.8. The van der Waals surface area contributed by atoms with Crippen LogP contribution in [0.1, 0.15) is 5.56 Å². The number of hydrogen-bond donors (Lipinski definition) is 3. The molecule has 0 atom stereocenters. The van der Waals surface area contributed by atoms with Crippen LogP contribution < -0.4 is 10.8 Å².